The molecule has 310 valence electrons. The van der Waals surface area contributed by atoms with Crippen molar-refractivity contribution in [1.82, 2.24) is 0 Å². The van der Waals surface area contributed by atoms with E-state index in [0.717, 1.165) is 61.3 Å². The van der Waals surface area contributed by atoms with Gasteiger partial charge in [-0.1, -0.05) is 206 Å². The number of rotatable bonds is 9. The Morgan fingerprint density at radius 3 is 1.36 bits per heavy atom. The highest BCUT2D eigenvalue weighted by molar-refractivity contribution is 6.06. The minimum atomic E-state index is 0.893. The van der Waals surface area contributed by atoms with Crippen molar-refractivity contribution in [2.45, 2.75) is 0 Å². The topological polar surface area (TPSA) is 16.4 Å². The molecule has 2 nitrogen and oxygen atoms in total. The standard InChI is InChI=1S/C64H43NO/c1-2-15-49(16-3-1)55-18-6-7-19-56(55)57-20-8-9-21-58(57)59-22-10-12-24-62(59)65(54-39-34-48(35-40-54)52-36-41-61-60-23-11-13-25-63(60)66-64(61)43-52)53-37-32-46(33-38-53)45-26-28-47(29-27-45)51-31-30-44-14-4-5-17-50(44)42-51/h1-43H. The number of furan rings is 1. The van der Waals surface area contributed by atoms with Crippen LogP contribution in [0.4, 0.5) is 17.1 Å². The first-order chi connectivity index (χ1) is 32.7. The molecule has 12 aromatic rings. The van der Waals surface area contributed by atoms with Crippen LogP contribution >= 0.6 is 0 Å². The van der Waals surface area contributed by atoms with Gasteiger partial charge in [-0.15, -0.1) is 0 Å². The highest BCUT2D eigenvalue weighted by Crippen LogP contribution is 2.46. The smallest absolute Gasteiger partial charge is 0.136 e. The SMILES string of the molecule is c1ccc(-c2ccccc2-c2ccccc2-c2ccccc2N(c2ccc(-c3ccc(-c4ccc5ccccc5c4)cc3)cc2)c2ccc(-c3ccc4c(c3)oc3ccccc34)cc2)cc1. The van der Waals surface area contributed by atoms with Crippen molar-refractivity contribution in [1.29, 1.82) is 0 Å². The van der Waals surface area contributed by atoms with E-state index in [1.807, 2.05) is 12.1 Å². The monoisotopic (exact) mass is 841 g/mol. The predicted octanol–water partition coefficient (Wildman–Crippen LogP) is 18.2. The van der Waals surface area contributed by atoms with Crippen molar-refractivity contribution in [2.75, 3.05) is 4.90 Å². The lowest BCUT2D eigenvalue weighted by Crippen LogP contribution is -2.11. The van der Waals surface area contributed by atoms with Gasteiger partial charge in [0.2, 0.25) is 0 Å². The number of anilines is 3. The van der Waals surface area contributed by atoms with E-state index in [2.05, 4.69) is 254 Å². The van der Waals surface area contributed by atoms with E-state index in [1.165, 1.54) is 55.3 Å². The van der Waals surface area contributed by atoms with Crippen LogP contribution in [0.25, 0.3) is 99.5 Å². The summed E-state index contributed by atoms with van der Waals surface area (Å²) in [5.41, 5.74) is 19.1. The summed E-state index contributed by atoms with van der Waals surface area (Å²) in [6, 6.07) is 93.9. The molecule has 0 radical (unpaired) electrons. The minimum absolute atomic E-state index is 0.893. The molecule has 0 saturated carbocycles. The van der Waals surface area contributed by atoms with Crippen molar-refractivity contribution in [3.63, 3.8) is 0 Å². The Balaban J connectivity index is 0.947. The van der Waals surface area contributed by atoms with Gasteiger partial charge in [-0.05, 0) is 127 Å². The fourth-order valence-corrected chi connectivity index (χ4v) is 9.60. The first kappa shape index (κ1) is 38.9. The molecule has 0 atom stereocenters. The van der Waals surface area contributed by atoms with Gasteiger partial charge >= 0.3 is 0 Å². The van der Waals surface area contributed by atoms with Gasteiger partial charge in [0.15, 0.2) is 0 Å². The van der Waals surface area contributed by atoms with E-state index in [4.69, 9.17) is 4.42 Å². The number of nitrogens with zero attached hydrogens (tertiary/aromatic N) is 1. The Kier molecular flexibility index (Phi) is 9.89. The van der Waals surface area contributed by atoms with Crippen LogP contribution in [0.5, 0.6) is 0 Å². The van der Waals surface area contributed by atoms with Crippen LogP contribution in [-0.2, 0) is 0 Å². The van der Waals surface area contributed by atoms with Crippen LogP contribution in [0.15, 0.2) is 265 Å². The van der Waals surface area contributed by atoms with Crippen LogP contribution < -0.4 is 4.90 Å². The molecule has 0 aliphatic heterocycles. The Labute approximate surface area is 384 Å². The Hall–Kier alpha value is -8.72. The Morgan fingerprint density at radius 2 is 0.682 bits per heavy atom. The molecule has 0 amide bonds. The summed E-state index contributed by atoms with van der Waals surface area (Å²) >= 11 is 0. The minimum Gasteiger partial charge on any atom is -0.456 e. The van der Waals surface area contributed by atoms with Crippen molar-refractivity contribution in [3.05, 3.63) is 261 Å². The second kappa shape index (κ2) is 16.8. The maximum absolute atomic E-state index is 6.29. The molecule has 0 unspecified atom stereocenters. The van der Waals surface area contributed by atoms with Gasteiger partial charge < -0.3 is 9.32 Å². The highest BCUT2D eigenvalue weighted by Gasteiger charge is 2.21. The lowest BCUT2D eigenvalue weighted by Gasteiger charge is -2.29. The fourth-order valence-electron chi connectivity index (χ4n) is 9.60. The number of hydrogen-bond donors (Lipinski definition) is 0. The van der Waals surface area contributed by atoms with Crippen molar-refractivity contribution < 1.29 is 4.42 Å². The van der Waals surface area contributed by atoms with Crippen LogP contribution in [0.3, 0.4) is 0 Å². The normalized spacial score (nSPS) is 11.3. The first-order valence-corrected chi connectivity index (χ1v) is 22.6. The van der Waals surface area contributed by atoms with E-state index in [-0.39, 0.29) is 0 Å². The summed E-state index contributed by atoms with van der Waals surface area (Å²) in [6.45, 7) is 0. The molecule has 0 aliphatic rings. The molecular weight excluding hydrogens is 799 g/mol. The van der Waals surface area contributed by atoms with Crippen molar-refractivity contribution in [2.24, 2.45) is 0 Å². The molecule has 2 heteroatoms. The van der Waals surface area contributed by atoms with Crippen molar-refractivity contribution >= 4 is 49.8 Å². The maximum Gasteiger partial charge on any atom is 0.136 e. The molecule has 0 fully saturated rings. The van der Waals surface area contributed by atoms with Gasteiger partial charge in [0.25, 0.3) is 0 Å². The molecule has 11 aromatic carbocycles. The number of hydrogen-bond acceptors (Lipinski definition) is 2. The summed E-state index contributed by atoms with van der Waals surface area (Å²) in [7, 11) is 0. The van der Waals surface area contributed by atoms with Gasteiger partial charge in [0.05, 0.1) is 5.69 Å². The average Bonchev–Trinajstić information content (AvgIpc) is 3.78. The number of benzene rings is 11. The van der Waals surface area contributed by atoms with E-state index < -0.39 is 0 Å². The average molecular weight is 842 g/mol. The zero-order valence-electron chi connectivity index (χ0n) is 36.2. The molecule has 0 aliphatic carbocycles. The zero-order valence-corrected chi connectivity index (χ0v) is 36.2. The van der Waals surface area contributed by atoms with Gasteiger partial charge in [-0.25, -0.2) is 0 Å². The highest BCUT2D eigenvalue weighted by atomic mass is 16.3. The maximum atomic E-state index is 6.29. The van der Waals surface area contributed by atoms with Gasteiger partial charge in [0.1, 0.15) is 11.2 Å². The first-order valence-electron chi connectivity index (χ1n) is 22.6. The lowest BCUT2D eigenvalue weighted by molar-refractivity contribution is 0.669. The quantitative estimate of drug-likeness (QED) is 0.144. The summed E-state index contributed by atoms with van der Waals surface area (Å²) in [5.74, 6) is 0. The molecule has 0 N–H and O–H groups in total. The molecule has 12 rings (SSSR count). The number of para-hydroxylation sites is 2. The predicted molar refractivity (Wildman–Crippen MR) is 279 cm³/mol. The molecule has 0 spiro atoms. The molecule has 0 saturated heterocycles. The molecular formula is C64H43NO. The van der Waals surface area contributed by atoms with Gasteiger partial charge in [-0.2, -0.15) is 0 Å². The van der Waals surface area contributed by atoms with Crippen LogP contribution in [0.1, 0.15) is 0 Å². The number of fused-ring (bicyclic) bond motifs is 4. The van der Waals surface area contributed by atoms with E-state index in [0.29, 0.717) is 0 Å². The van der Waals surface area contributed by atoms with Crippen LogP contribution in [-0.4, -0.2) is 0 Å². The van der Waals surface area contributed by atoms with Gasteiger partial charge in [0, 0.05) is 27.7 Å². The molecule has 1 heterocycles. The lowest BCUT2D eigenvalue weighted by atomic mass is 9.88. The Bertz CT molecular complexity index is 3680. The van der Waals surface area contributed by atoms with Crippen LogP contribution in [0, 0.1) is 0 Å². The second-order valence-corrected chi connectivity index (χ2v) is 16.9. The summed E-state index contributed by atoms with van der Waals surface area (Å²) in [5, 5.41) is 4.77. The zero-order chi connectivity index (χ0) is 43.8. The van der Waals surface area contributed by atoms with E-state index in [1.54, 1.807) is 0 Å². The largest absolute Gasteiger partial charge is 0.456 e. The van der Waals surface area contributed by atoms with Crippen molar-refractivity contribution in [3.8, 4) is 66.8 Å². The molecule has 0 bridgehead atoms. The third-order valence-corrected chi connectivity index (χ3v) is 12.9. The third-order valence-electron chi connectivity index (χ3n) is 12.9. The van der Waals surface area contributed by atoms with E-state index >= 15 is 0 Å². The summed E-state index contributed by atoms with van der Waals surface area (Å²) in [6.07, 6.45) is 0. The molecule has 1 aromatic heterocycles. The fraction of sp³-hybridized carbons (Fsp3) is 0. The van der Waals surface area contributed by atoms with E-state index in [9.17, 15) is 0 Å². The Morgan fingerprint density at radius 1 is 0.242 bits per heavy atom. The second-order valence-electron chi connectivity index (χ2n) is 16.9. The van der Waals surface area contributed by atoms with Gasteiger partial charge in [-0.3, -0.25) is 0 Å². The molecule has 66 heavy (non-hydrogen) atoms. The summed E-state index contributed by atoms with van der Waals surface area (Å²) < 4.78 is 6.29. The van der Waals surface area contributed by atoms with Crippen LogP contribution in [0.2, 0.25) is 0 Å². The third kappa shape index (κ3) is 7.21. The summed E-state index contributed by atoms with van der Waals surface area (Å²) in [4.78, 5) is 2.40.